The number of ether oxygens (including phenoxy) is 3. The van der Waals surface area contributed by atoms with E-state index in [4.69, 9.17) is 14.2 Å². The standard InChI is InChI=1S/C21H26N2O5/c1-6-13(2)22-20(24)14-7-9-15(10-8-14)21(25)23-16-11-17(26-3)19(28-5)18(12-16)27-4/h7-13H,6H2,1-5H3,(H,22,24)(H,23,25). The van der Waals surface area contributed by atoms with E-state index in [0.717, 1.165) is 6.42 Å². The van der Waals surface area contributed by atoms with Gasteiger partial charge in [-0.1, -0.05) is 6.92 Å². The SMILES string of the molecule is CCC(C)NC(=O)c1ccc(C(=O)Nc2cc(OC)c(OC)c(OC)c2)cc1. The first-order chi connectivity index (χ1) is 13.4. The third kappa shape index (κ3) is 4.94. The molecule has 0 saturated carbocycles. The van der Waals surface area contributed by atoms with Crippen LogP contribution in [0.2, 0.25) is 0 Å². The number of carbonyl (C=O) groups excluding carboxylic acids is 2. The number of nitrogens with one attached hydrogen (secondary N) is 2. The highest BCUT2D eigenvalue weighted by atomic mass is 16.5. The summed E-state index contributed by atoms with van der Waals surface area (Å²) in [7, 11) is 4.52. The van der Waals surface area contributed by atoms with E-state index in [1.807, 2.05) is 13.8 Å². The molecule has 0 fully saturated rings. The van der Waals surface area contributed by atoms with E-state index in [1.54, 1.807) is 36.4 Å². The summed E-state index contributed by atoms with van der Waals surface area (Å²) in [6, 6.07) is 9.86. The highest BCUT2D eigenvalue weighted by molar-refractivity contribution is 6.05. The van der Waals surface area contributed by atoms with Crippen molar-refractivity contribution in [3.05, 3.63) is 47.5 Å². The highest BCUT2D eigenvalue weighted by Crippen LogP contribution is 2.40. The molecule has 0 saturated heterocycles. The van der Waals surface area contributed by atoms with E-state index in [-0.39, 0.29) is 17.9 Å². The van der Waals surface area contributed by atoms with Gasteiger partial charge in [0, 0.05) is 35.0 Å². The van der Waals surface area contributed by atoms with E-state index >= 15 is 0 Å². The highest BCUT2D eigenvalue weighted by Gasteiger charge is 2.16. The Bertz CT molecular complexity index is 808. The first kappa shape index (κ1) is 21.1. The van der Waals surface area contributed by atoms with Gasteiger partial charge in [0.2, 0.25) is 5.75 Å². The number of anilines is 1. The zero-order valence-corrected chi connectivity index (χ0v) is 16.8. The smallest absolute Gasteiger partial charge is 0.255 e. The van der Waals surface area contributed by atoms with Crippen molar-refractivity contribution >= 4 is 17.5 Å². The van der Waals surface area contributed by atoms with Gasteiger partial charge in [-0.15, -0.1) is 0 Å². The lowest BCUT2D eigenvalue weighted by Crippen LogP contribution is -2.31. The van der Waals surface area contributed by atoms with Crippen LogP contribution in [0.1, 0.15) is 41.0 Å². The van der Waals surface area contributed by atoms with Crippen LogP contribution in [0.25, 0.3) is 0 Å². The summed E-state index contributed by atoms with van der Waals surface area (Å²) in [6.45, 7) is 3.94. The summed E-state index contributed by atoms with van der Waals surface area (Å²) in [4.78, 5) is 24.7. The molecule has 2 amide bonds. The molecule has 2 aromatic carbocycles. The summed E-state index contributed by atoms with van der Waals surface area (Å²) in [6.07, 6.45) is 0.848. The predicted octanol–water partition coefficient (Wildman–Crippen LogP) is 3.49. The van der Waals surface area contributed by atoms with Gasteiger partial charge in [-0.2, -0.15) is 0 Å². The van der Waals surface area contributed by atoms with Crippen LogP contribution in [-0.4, -0.2) is 39.2 Å². The molecule has 0 spiro atoms. The van der Waals surface area contributed by atoms with Crippen LogP contribution >= 0.6 is 0 Å². The number of carbonyl (C=O) groups is 2. The number of hydrogen-bond donors (Lipinski definition) is 2. The molecule has 7 heteroatoms. The van der Waals surface area contributed by atoms with Gasteiger partial charge in [0.1, 0.15) is 0 Å². The van der Waals surface area contributed by atoms with Crippen molar-refractivity contribution in [2.45, 2.75) is 26.3 Å². The molecule has 1 unspecified atom stereocenters. The minimum Gasteiger partial charge on any atom is -0.493 e. The molecule has 0 aromatic heterocycles. The quantitative estimate of drug-likeness (QED) is 0.725. The van der Waals surface area contributed by atoms with E-state index in [1.165, 1.54) is 21.3 Å². The van der Waals surface area contributed by atoms with Gasteiger partial charge in [0.05, 0.1) is 21.3 Å². The monoisotopic (exact) mass is 386 g/mol. The normalized spacial score (nSPS) is 11.3. The summed E-state index contributed by atoms with van der Waals surface area (Å²) in [5.41, 5.74) is 1.43. The Morgan fingerprint density at radius 3 is 1.82 bits per heavy atom. The summed E-state index contributed by atoms with van der Waals surface area (Å²) in [5.74, 6) is 0.845. The maximum atomic E-state index is 12.5. The largest absolute Gasteiger partial charge is 0.493 e. The van der Waals surface area contributed by atoms with Crippen molar-refractivity contribution in [1.82, 2.24) is 5.32 Å². The van der Waals surface area contributed by atoms with Crippen molar-refractivity contribution < 1.29 is 23.8 Å². The molecular formula is C21H26N2O5. The van der Waals surface area contributed by atoms with Crippen LogP contribution in [0.15, 0.2) is 36.4 Å². The van der Waals surface area contributed by atoms with Crippen LogP contribution in [0.5, 0.6) is 17.2 Å². The van der Waals surface area contributed by atoms with Gasteiger partial charge >= 0.3 is 0 Å². The van der Waals surface area contributed by atoms with Crippen molar-refractivity contribution in [3.8, 4) is 17.2 Å². The first-order valence-electron chi connectivity index (χ1n) is 8.95. The maximum Gasteiger partial charge on any atom is 0.255 e. The average Bonchev–Trinajstić information content (AvgIpc) is 2.72. The second-order valence-corrected chi connectivity index (χ2v) is 6.23. The molecule has 2 aromatic rings. The van der Waals surface area contributed by atoms with E-state index in [0.29, 0.717) is 34.1 Å². The molecule has 0 aliphatic carbocycles. The fourth-order valence-electron chi connectivity index (χ4n) is 2.54. The van der Waals surface area contributed by atoms with Gasteiger partial charge < -0.3 is 24.8 Å². The lowest BCUT2D eigenvalue weighted by atomic mass is 10.1. The van der Waals surface area contributed by atoms with E-state index in [9.17, 15) is 9.59 Å². The first-order valence-corrected chi connectivity index (χ1v) is 8.95. The minimum absolute atomic E-state index is 0.0931. The molecule has 150 valence electrons. The molecule has 0 heterocycles. The molecule has 28 heavy (non-hydrogen) atoms. The van der Waals surface area contributed by atoms with Crippen molar-refractivity contribution in [2.75, 3.05) is 26.6 Å². The van der Waals surface area contributed by atoms with Crippen LogP contribution in [0.3, 0.4) is 0 Å². The molecular weight excluding hydrogens is 360 g/mol. The Kier molecular flexibility index (Phi) is 7.26. The lowest BCUT2D eigenvalue weighted by Gasteiger charge is -2.15. The summed E-state index contributed by atoms with van der Waals surface area (Å²) >= 11 is 0. The van der Waals surface area contributed by atoms with Gasteiger partial charge in [0.15, 0.2) is 11.5 Å². The molecule has 1 atom stereocenters. The van der Waals surface area contributed by atoms with Crippen molar-refractivity contribution in [3.63, 3.8) is 0 Å². The molecule has 7 nitrogen and oxygen atoms in total. The van der Waals surface area contributed by atoms with Gasteiger partial charge in [-0.3, -0.25) is 9.59 Å². The van der Waals surface area contributed by atoms with Gasteiger partial charge in [0.25, 0.3) is 11.8 Å². The predicted molar refractivity (Wildman–Crippen MR) is 108 cm³/mol. The Morgan fingerprint density at radius 2 is 1.39 bits per heavy atom. The molecule has 0 bridgehead atoms. The summed E-state index contributed by atoms with van der Waals surface area (Å²) in [5, 5.41) is 5.69. The van der Waals surface area contributed by atoms with E-state index < -0.39 is 0 Å². The fourth-order valence-corrected chi connectivity index (χ4v) is 2.54. The Labute approximate surface area is 165 Å². The zero-order chi connectivity index (χ0) is 20.7. The molecule has 0 aliphatic heterocycles. The molecule has 2 rings (SSSR count). The van der Waals surface area contributed by atoms with E-state index in [2.05, 4.69) is 10.6 Å². The topological polar surface area (TPSA) is 85.9 Å². The van der Waals surface area contributed by atoms with Crippen LogP contribution < -0.4 is 24.8 Å². The van der Waals surface area contributed by atoms with Crippen LogP contribution in [0.4, 0.5) is 5.69 Å². The average molecular weight is 386 g/mol. The Hall–Kier alpha value is -3.22. The molecule has 0 aliphatic rings. The number of rotatable bonds is 8. The third-order valence-corrected chi connectivity index (χ3v) is 4.32. The summed E-state index contributed by atoms with van der Waals surface area (Å²) < 4.78 is 15.9. The minimum atomic E-state index is -0.317. The van der Waals surface area contributed by atoms with Crippen molar-refractivity contribution in [1.29, 1.82) is 0 Å². The zero-order valence-electron chi connectivity index (χ0n) is 16.8. The second-order valence-electron chi connectivity index (χ2n) is 6.23. The number of methoxy groups -OCH3 is 3. The molecule has 0 radical (unpaired) electrons. The lowest BCUT2D eigenvalue weighted by molar-refractivity contribution is 0.0937. The van der Waals surface area contributed by atoms with Gasteiger partial charge in [-0.05, 0) is 37.6 Å². The Balaban J connectivity index is 2.16. The van der Waals surface area contributed by atoms with Crippen LogP contribution in [-0.2, 0) is 0 Å². The fraction of sp³-hybridized carbons (Fsp3) is 0.333. The number of amides is 2. The van der Waals surface area contributed by atoms with Gasteiger partial charge in [-0.25, -0.2) is 0 Å². The maximum absolute atomic E-state index is 12.5. The van der Waals surface area contributed by atoms with Crippen molar-refractivity contribution in [2.24, 2.45) is 0 Å². The Morgan fingerprint density at radius 1 is 0.893 bits per heavy atom. The number of benzene rings is 2. The number of hydrogen-bond acceptors (Lipinski definition) is 5. The third-order valence-electron chi connectivity index (χ3n) is 4.32. The van der Waals surface area contributed by atoms with Crippen LogP contribution in [0, 0.1) is 0 Å². The second kappa shape index (κ2) is 9.64. The molecule has 2 N–H and O–H groups in total.